The molecule has 0 amide bonds. The van der Waals surface area contributed by atoms with E-state index in [0.29, 0.717) is 13.0 Å². The molecule has 2 atom stereocenters. The van der Waals surface area contributed by atoms with E-state index >= 15 is 0 Å². The highest BCUT2D eigenvalue weighted by molar-refractivity contribution is 5.58. The Morgan fingerprint density at radius 2 is 2.55 bits per heavy atom. The third-order valence-corrected chi connectivity index (χ3v) is 1.92. The van der Waals surface area contributed by atoms with Gasteiger partial charge in [0.05, 0.1) is 18.7 Å². The molecule has 0 aromatic rings. The van der Waals surface area contributed by atoms with Gasteiger partial charge in [0.1, 0.15) is 6.29 Å². The summed E-state index contributed by atoms with van der Waals surface area (Å²) < 4.78 is 5.02. The number of aldehydes is 1. The van der Waals surface area contributed by atoms with Crippen LogP contribution in [-0.2, 0) is 9.53 Å². The number of ether oxygens (including phenoxy) is 1. The van der Waals surface area contributed by atoms with E-state index in [1.54, 1.807) is 7.11 Å². The highest BCUT2D eigenvalue weighted by Crippen LogP contribution is 2.16. The first-order chi connectivity index (χ1) is 5.31. The second-order valence-electron chi connectivity index (χ2n) is 2.55. The standard InChI is InChI=1S/C7H10N2O2/c1-11-7-2-6(4-10)9(3-7)5-8/h4,6-7H,2-3H2,1H3. The quantitative estimate of drug-likeness (QED) is 0.406. The van der Waals surface area contributed by atoms with E-state index in [4.69, 9.17) is 10.00 Å². The maximum absolute atomic E-state index is 10.4. The van der Waals surface area contributed by atoms with Crippen molar-refractivity contribution < 1.29 is 9.53 Å². The average molecular weight is 154 g/mol. The highest BCUT2D eigenvalue weighted by atomic mass is 16.5. The predicted octanol–water partition coefficient (Wildman–Crippen LogP) is -0.244. The molecule has 0 bridgehead atoms. The SMILES string of the molecule is COC1CC(C=O)N(C#N)C1. The first-order valence-electron chi connectivity index (χ1n) is 3.46. The van der Waals surface area contributed by atoms with Crippen LogP contribution in [-0.4, -0.2) is 37.0 Å². The highest BCUT2D eigenvalue weighted by Gasteiger charge is 2.30. The average Bonchev–Trinajstić information content (AvgIpc) is 2.46. The first kappa shape index (κ1) is 8.02. The number of methoxy groups -OCH3 is 1. The number of rotatable bonds is 2. The van der Waals surface area contributed by atoms with E-state index in [1.165, 1.54) is 4.90 Å². The normalized spacial score (nSPS) is 30.0. The zero-order valence-electron chi connectivity index (χ0n) is 6.36. The lowest BCUT2D eigenvalue weighted by Crippen LogP contribution is -2.25. The zero-order chi connectivity index (χ0) is 8.27. The zero-order valence-corrected chi connectivity index (χ0v) is 6.36. The Hall–Kier alpha value is -1.08. The number of nitrogens with zero attached hydrogens (tertiary/aromatic N) is 2. The van der Waals surface area contributed by atoms with Crippen LogP contribution >= 0.6 is 0 Å². The van der Waals surface area contributed by atoms with Crippen molar-refractivity contribution in [2.75, 3.05) is 13.7 Å². The Labute approximate surface area is 65.4 Å². The number of carbonyl (C=O) groups excluding carboxylic acids is 1. The lowest BCUT2D eigenvalue weighted by Gasteiger charge is -2.09. The number of hydrogen-bond acceptors (Lipinski definition) is 4. The second-order valence-corrected chi connectivity index (χ2v) is 2.55. The topological polar surface area (TPSA) is 53.3 Å². The van der Waals surface area contributed by atoms with Gasteiger partial charge in [0.15, 0.2) is 6.19 Å². The van der Waals surface area contributed by atoms with Crippen LogP contribution in [0.5, 0.6) is 0 Å². The molecule has 1 aliphatic heterocycles. The summed E-state index contributed by atoms with van der Waals surface area (Å²) >= 11 is 0. The molecule has 1 fully saturated rings. The van der Waals surface area contributed by atoms with Crippen LogP contribution < -0.4 is 0 Å². The Bertz CT molecular complexity index is 187. The van der Waals surface area contributed by atoms with Gasteiger partial charge in [0.25, 0.3) is 0 Å². The first-order valence-corrected chi connectivity index (χ1v) is 3.46. The van der Waals surface area contributed by atoms with Gasteiger partial charge in [-0.15, -0.1) is 0 Å². The van der Waals surface area contributed by atoms with Crippen LogP contribution in [0.15, 0.2) is 0 Å². The smallest absolute Gasteiger partial charge is 0.180 e. The summed E-state index contributed by atoms with van der Waals surface area (Å²) in [7, 11) is 1.59. The molecule has 0 radical (unpaired) electrons. The molecule has 0 saturated carbocycles. The fourth-order valence-electron chi connectivity index (χ4n) is 1.24. The van der Waals surface area contributed by atoms with E-state index < -0.39 is 0 Å². The fourth-order valence-corrected chi connectivity index (χ4v) is 1.24. The van der Waals surface area contributed by atoms with Crippen molar-refractivity contribution in [2.24, 2.45) is 0 Å². The Morgan fingerprint density at radius 1 is 1.82 bits per heavy atom. The summed E-state index contributed by atoms with van der Waals surface area (Å²) in [6.07, 6.45) is 3.41. The van der Waals surface area contributed by atoms with Gasteiger partial charge >= 0.3 is 0 Å². The lowest BCUT2D eigenvalue weighted by molar-refractivity contribution is -0.110. The molecule has 0 aliphatic carbocycles. The molecule has 60 valence electrons. The molecule has 1 heterocycles. The van der Waals surface area contributed by atoms with Crippen LogP contribution in [0.4, 0.5) is 0 Å². The maximum atomic E-state index is 10.4. The van der Waals surface area contributed by atoms with E-state index in [0.717, 1.165) is 6.29 Å². The van der Waals surface area contributed by atoms with Crippen molar-refractivity contribution in [2.45, 2.75) is 18.6 Å². The molecule has 1 aliphatic rings. The molecule has 11 heavy (non-hydrogen) atoms. The van der Waals surface area contributed by atoms with Crippen molar-refractivity contribution in [3.63, 3.8) is 0 Å². The summed E-state index contributed by atoms with van der Waals surface area (Å²) in [5, 5.41) is 8.54. The van der Waals surface area contributed by atoms with Crippen molar-refractivity contribution in [1.82, 2.24) is 4.90 Å². The summed E-state index contributed by atoms with van der Waals surface area (Å²) in [6, 6.07) is -0.273. The van der Waals surface area contributed by atoms with Crippen molar-refractivity contribution in [1.29, 1.82) is 5.26 Å². The summed E-state index contributed by atoms with van der Waals surface area (Å²) in [4.78, 5) is 11.8. The van der Waals surface area contributed by atoms with E-state index in [9.17, 15) is 4.79 Å². The van der Waals surface area contributed by atoms with Crippen molar-refractivity contribution >= 4 is 6.29 Å². The molecule has 4 nitrogen and oxygen atoms in total. The van der Waals surface area contributed by atoms with Crippen LogP contribution in [0.1, 0.15) is 6.42 Å². The van der Waals surface area contributed by atoms with Gasteiger partial charge in [0.2, 0.25) is 0 Å². The fraction of sp³-hybridized carbons (Fsp3) is 0.714. The lowest BCUT2D eigenvalue weighted by atomic mass is 10.2. The largest absolute Gasteiger partial charge is 0.379 e. The minimum atomic E-state index is -0.273. The molecule has 1 saturated heterocycles. The maximum Gasteiger partial charge on any atom is 0.180 e. The van der Waals surface area contributed by atoms with Crippen molar-refractivity contribution in [3.05, 3.63) is 0 Å². The van der Waals surface area contributed by atoms with Crippen molar-refractivity contribution in [3.8, 4) is 6.19 Å². The Kier molecular flexibility index (Phi) is 2.44. The van der Waals surface area contributed by atoms with E-state index in [-0.39, 0.29) is 12.1 Å². The summed E-state index contributed by atoms with van der Waals surface area (Å²) in [6.45, 7) is 0.538. The van der Waals surface area contributed by atoms with Gasteiger partial charge < -0.3 is 9.53 Å². The Morgan fingerprint density at radius 3 is 2.91 bits per heavy atom. The van der Waals surface area contributed by atoms with Crippen LogP contribution in [0, 0.1) is 11.5 Å². The van der Waals surface area contributed by atoms with E-state index in [1.807, 2.05) is 6.19 Å². The van der Waals surface area contributed by atoms with Gasteiger partial charge in [-0.05, 0) is 0 Å². The molecular formula is C7H10N2O2. The number of likely N-dealkylation sites (tertiary alicyclic amines) is 1. The van der Waals surface area contributed by atoms with Gasteiger partial charge in [-0.1, -0.05) is 0 Å². The number of hydrogen-bond donors (Lipinski definition) is 0. The summed E-state index contributed by atoms with van der Waals surface area (Å²) in [5.74, 6) is 0. The monoisotopic (exact) mass is 154 g/mol. The van der Waals surface area contributed by atoms with Crippen LogP contribution in [0.3, 0.4) is 0 Å². The third kappa shape index (κ3) is 1.49. The molecule has 0 aromatic heterocycles. The molecule has 0 spiro atoms. The minimum absolute atomic E-state index is 0.0323. The van der Waals surface area contributed by atoms with Gasteiger partial charge in [-0.3, -0.25) is 4.90 Å². The van der Waals surface area contributed by atoms with Crippen LogP contribution in [0.25, 0.3) is 0 Å². The Balaban J connectivity index is 2.56. The third-order valence-electron chi connectivity index (χ3n) is 1.92. The van der Waals surface area contributed by atoms with Gasteiger partial charge in [-0.2, -0.15) is 5.26 Å². The second kappa shape index (κ2) is 3.35. The van der Waals surface area contributed by atoms with E-state index in [2.05, 4.69) is 0 Å². The molecule has 0 N–H and O–H groups in total. The predicted molar refractivity (Wildman–Crippen MR) is 37.6 cm³/mol. The molecule has 2 unspecified atom stereocenters. The molecular weight excluding hydrogens is 144 g/mol. The van der Waals surface area contributed by atoms with Gasteiger partial charge in [0, 0.05) is 13.5 Å². The number of carbonyl (C=O) groups is 1. The number of nitriles is 1. The molecule has 0 aromatic carbocycles. The molecule has 4 heteroatoms. The van der Waals surface area contributed by atoms with Gasteiger partial charge in [-0.25, -0.2) is 0 Å². The summed E-state index contributed by atoms with van der Waals surface area (Å²) in [5.41, 5.74) is 0. The van der Waals surface area contributed by atoms with Crippen LogP contribution in [0.2, 0.25) is 0 Å². The molecule has 1 rings (SSSR count). The minimum Gasteiger partial charge on any atom is -0.379 e.